The van der Waals surface area contributed by atoms with Gasteiger partial charge in [0, 0.05) is 11.8 Å². The van der Waals surface area contributed by atoms with Gasteiger partial charge in [-0.05, 0) is 25.1 Å². The first-order valence-electron chi connectivity index (χ1n) is 5.83. The highest BCUT2D eigenvalue weighted by atomic mass is 19.4. The number of rotatable bonds is 3. The van der Waals surface area contributed by atoms with Crippen LogP contribution in [0.5, 0.6) is 11.6 Å². The van der Waals surface area contributed by atoms with Crippen molar-refractivity contribution in [2.75, 3.05) is 0 Å². The summed E-state index contributed by atoms with van der Waals surface area (Å²) in [6.07, 6.45) is -4.57. The van der Waals surface area contributed by atoms with Crippen molar-refractivity contribution in [3.8, 4) is 11.6 Å². The molecule has 0 bridgehead atoms. The van der Waals surface area contributed by atoms with Gasteiger partial charge in [0.2, 0.25) is 5.88 Å². The molecule has 0 saturated carbocycles. The Morgan fingerprint density at radius 1 is 1.24 bits per heavy atom. The van der Waals surface area contributed by atoms with E-state index in [1.54, 1.807) is 0 Å². The molecule has 7 heteroatoms. The number of carboxylic acid groups (broad SMARTS) is 1. The van der Waals surface area contributed by atoms with Gasteiger partial charge in [-0.15, -0.1) is 0 Å². The Balaban J connectivity index is 2.42. The van der Waals surface area contributed by atoms with Crippen molar-refractivity contribution in [2.45, 2.75) is 13.1 Å². The number of nitrogens with zero attached hydrogens (tertiary/aromatic N) is 1. The van der Waals surface area contributed by atoms with Crippen molar-refractivity contribution in [2.24, 2.45) is 0 Å². The van der Waals surface area contributed by atoms with E-state index in [1.807, 2.05) is 0 Å². The van der Waals surface area contributed by atoms with Crippen LogP contribution >= 0.6 is 0 Å². The lowest BCUT2D eigenvalue weighted by molar-refractivity contribution is -0.138. The van der Waals surface area contributed by atoms with Gasteiger partial charge in [0.1, 0.15) is 5.75 Å². The van der Waals surface area contributed by atoms with Gasteiger partial charge in [-0.2, -0.15) is 13.2 Å². The van der Waals surface area contributed by atoms with Gasteiger partial charge < -0.3 is 9.84 Å². The molecular formula is C14H10F3NO3. The molecule has 0 aliphatic heterocycles. The summed E-state index contributed by atoms with van der Waals surface area (Å²) in [6.45, 7) is 1.52. The standard InChI is InChI=1S/C14H10F3NO3/c1-8-6-9(13(19)20)7-12(18-8)21-11-5-3-2-4-10(11)14(15,16)17/h2-7H,1H3,(H,19,20). The van der Waals surface area contributed by atoms with Gasteiger partial charge in [-0.3, -0.25) is 0 Å². The molecule has 0 amide bonds. The lowest BCUT2D eigenvalue weighted by atomic mass is 10.2. The number of halogens is 3. The highest BCUT2D eigenvalue weighted by Crippen LogP contribution is 2.37. The minimum absolute atomic E-state index is 0.109. The number of carboxylic acids is 1. The zero-order valence-corrected chi connectivity index (χ0v) is 10.8. The molecule has 1 heterocycles. The maximum atomic E-state index is 12.8. The maximum Gasteiger partial charge on any atom is 0.419 e. The van der Waals surface area contributed by atoms with E-state index in [0.717, 1.165) is 18.2 Å². The number of hydrogen-bond donors (Lipinski definition) is 1. The van der Waals surface area contributed by atoms with Crippen LogP contribution in [0.3, 0.4) is 0 Å². The van der Waals surface area contributed by atoms with Crippen LogP contribution in [0, 0.1) is 6.92 Å². The molecule has 0 aliphatic rings. The second-order valence-electron chi connectivity index (χ2n) is 4.24. The average Bonchev–Trinajstić information content (AvgIpc) is 2.37. The van der Waals surface area contributed by atoms with Crippen LogP contribution in [0.15, 0.2) is 36.4 Å². The molecule has 2 aromatic rings. The predicted molar refractivity (Wildman–Crippen MR) is 67.5 cm³/mol. The third kappa shape index (κ3) is 3.50. The fraction of sp³-hybridized carbons (Fsp3) is 0.143. The zero-order valence-electron chi connectivity index (χ0n) is 10.8. The number of pyridine rings is 1. The van der Waals surface area contributed by atoms with Crippen molar-refractivity contribution in [3.05, 3.63) is 53.2 Å². The van der Waals surface area contributed by atoms with Gasteiger partial charge in [-0.1, -0.05) is 12.1 Å². The number of alkyl halides is 3. The first-order valence-corrected chi connectivity index (χ1v) is 5.83. The topological polar surface area (TPSA) is 59.4 Å². The van der Waals surface area contributed by atoms with Crippen LogP contribution < -0.4 is 4.74 Å². The Bertz CT molecular complexity index is 683. The van der Waals surface area contributed by atoms with Gasteiger partial charge >= 0.3 is 12.1 Å². The Morgan fingerprint density at radius 2 is 1.90 bits per heavy atom. The van der Waals surface area contributed by atoms with E-state index in [4.69, 9.17) is 9.84 Å². The first kappa shape index (κ1) is 14.8. The number of ether oxygens (including phenoxy) is 1. The third-order valence-corrected chi connectivity index (χ3v) is 2.58. The fourth-order valence-electron chi connectivity index (χ4n) is 1.72. The van der Waals surface area contributed by atoms with Gasteiger partial charge in [0.25, 0.3) is 0 Å². The maximum absolute atomic E-state index is 12.8. The Morgan fingerprint density at radius 3 is 2.52 bits per heavy atom. The van der Waals surface area contributed by atoms with Gasteiger partial charge in [0.05, 0.1) is 11.1 Å². The monoisotopic (exact) mass is 297 g/mol. The third-order valence-electron chi connectivity index (χ3n) is 2.58. The molecule has 0 spiro atoms. The van der Waals surface area contributed by atoms with Crippen LogP contribution in [0.1, 0.15) is 21.6 Å². The largest absolute Gasteiger partial charge is 0.478 e. The molecule has 0 atom stereocenters. The number of carbonyl (C=O) groups is 1. The van der Waals surface area contributed by atoms with Gasteiger partial charge in [0.15, 0.2) is 0 Å². The van der Waals surface area contributed by atoms with E-state index in [2.05, 4.69) is 4.98 Å². The lowest BCUT2D eigenvalue weighted by Gasteiger charge is -2.13. The van der Waals surface area contributed by atoms with Crippen LogP contribution in [0.25, 0.3) is 0 Å². The molecule has 0 aliphatic carbocycles. The molecule has 1 aromatic heterocycles. The summed E-state index contributed by atoms with van der Waals surface area (Å²) in [7, 11) is 0. The van der Waals surface area contributed by atoms with Crippen molar-refractivity contribution < 1.29 is 27.8 Å². The highest BCUT2D eigenvalue weighted by molar-refractivity contribution is 5.88. The highest BCUT2D eigenvalue weighted by Gasteiger charge is 2.34. The molecule has 1 aromatic carbocycles. The summed E-state index contributed by atoms with van der Waals surface area (Å²) >= 11 is 0. The van der Waals surface area contributed by atoms with Gasteiger partial charge in [-0.25, -0.2) is 9.78 Å². The summed E-state index contributed by atoms with van der Waals surface area (Å²) in [4.78, 5) is 14.8. The molecule has 0 unspecified atom stereocenters. The summed E-state index contributed by atoms with van der Waals surface area (Å²) < 4.78 is 43.6. The van der Waals surface area contributed by atoms with Crippen LogP contribution in [0.4, 0.5) is 13.2 Å². The van der Waals surface area contributed by atoms with Crippen molar-refractivity contribution >= 4 is 5.97 Å². The van der Waals surface area contributed by atoms with E-state index in [9.17, 15) is 18.0 Å². The molecule has 0 fully saturated rings. The van der Waals surface area contributed by atoms with Crippen LogP contribution in [-0.4, -0.2) is 16.1 Å². The Kier molecular flexibility index (Phi) is 3.84. The van der Waals surface area contributed by atoms with E-state index in [-0.39, 0.29) is 11.4 Å². The molecule has 2 rings (SSSR count). The van der Waals surface area contributed by atoms with E-state index in [1.165, 1.54) is 25.1 Å². The second kappa shape index (κ2) is 5.43. The lowest BCUT2D eigenvalue weighted by Crippen LogP contribution is -2.07. The number of aryl methyl sites for hydroxylation is 1. The molecular weight excluding hydrogens is 287 g/mol. The van der Waals surface area contributed by atoms with Crippen LogP contribution in [-0.2, 0) is 6.18 Å². The number of aromatic carboxylic acids is 1. The molecule has 21 heavy (non-hydrogen) atoms. The van der Waals surface area contributed by atoms with Crippen molar-refractivity contribution in [3.63, 3.8) is 0 Å². The molecule has 4 nitrogen and oxygen atoms in total. The van der Waals surface area contributed by atoms with E-state index >= 15 is 0 Å². The zero-order chi connectivity index (χ0) is 15.6. The summed E-state index contributed by atoms with van der Waals surface area (Å²) in [5.41, 5.74) is -0.735. The number of para-hydroxylation sites is 1. The average molecular weight is 297 g/mol. The Labute approximate surface area is 117 Å². The Hall–Kier alpha value is -2.57. The van der Waals surface area contributed by atoms with Crippen molar-refractivity contribution in [1.82, 2.24) is 4.98 Å². The number of benzene rings is 1. The SMILES string of the molecule is Cc1cc(C(=O)O)cc(Oc2ccccc2C(F)(F)F)n1. The van der Waals surface area contributed by atoms with E-state index in [0.29, 0.717) is 5.69 Å². The first-order chi connectivity index (χ1) is 9.77. The molecule has 1 N–H and O–H groups in total. The minimum atomic E-state index is -4.57. The summed E-state index contributed by atoms with van der Waals surface area (Å²) in [5.74, 6) is -1.85. The predicted octanol–water partition coefficient (Wildman–Crippen LogP) is 3.90. The van der Waals surface area contributed by atoms with Crippen molar-refractivity contribution in [1.29, 1.82) is 0 Å². The molecule has 0 saturated heterocycles. The smallest absolute Gasteiger partial charge is 0.419 e. The summed E-state index contributed by atoms with van der Waals surface area (Å²) in [5, 5.41) is 8.92. The second-order valence-corrected chi connectivity index (χ2v) is 4.24. The molecule has 0 radical (unpaired) electrons. The minimum Gasteiger partial charge on any atom is -0.478 e. The molecule has 110 valence electrons. The quantitative estimate of drug-likeness (QED) is 0.933. The number of hydrogen-bond acceptors (Lipinski definition) is 3. The van der Waals surface area contributed by atoms with Crippen LogP contribution in [0.2, 0.25) is 0 Å². The van der Waals surface area contributed by atoms with E-state index < -0.39 is 23.5 Å². The summed E-state index contributed by atoms with van der Waals surface area (Å²) in [6, 6.07) is 7.02. The number of aromatic nitrogens is 1. The normalized spacial score (nSPS) is 11.2. The fourth-order valence-corrected chi connectivity index (χ4v) is 1.72.